The standard InChI is InChI=1S/C15H23O3P/c1-9(2)12-7-8-13(18-19(16)17)15(11(5)6)14(12)10(3)4/h7-11H,1-6H3/p+1. The van der Waals surface area contributed by atoms with Crippen molar-refractivity contribution in [3.63, 3.8) is 0 Å². The maximum atomic E-state index is 11.0. The highest BCUT2D eigenvalue weighted by Gasteiger charge is 2.25. The highest BCUT2D eigenvalue weighted by atomic mass is 31.1. The van der Waals surface area contributed by atoms with Gasteiger partial charge in [-0.15, -0.1) is 4.89 Å². The van der Waals surface area contributed by atoms with Crippen molar-refractivity contribution in [2.24, 2.45) is 0 Å². The van der Waals surface area contributed by atoms with E-state index in [0.717, 1.165) is 5.56 Å². The van der Waals surface area contributed by atoms with Gasteiger partial charge in [0.25, 0.3) is 0 Å². The van der Waals surface area contributed by atoms with Gasteiger partial charge < -0.3 is 0 Å². The lowest BCUT2D eigenvalue weighted by molar-refractivity contribution is 0.407. The minimum Gasteiger partial charge on any atom is -0.229 e. The van der Waals surface area contributed by atoms with Crippen molar-refractivity contribution >= 4 is 8.25 Å². The fourth-order valence-electron chi connectivity index (χ4n) is 2.54. The van der Waals surface area contributed by atoms with E-state index in [0.29, 0.717) is 17.6 Å². The number of hydrogen-bond donors (Lipinski definition) is 1. The van der Waals surface area contributed by atoms with Crippen LogP contribution in [0.2, 0.25) is 0 Å². The maximum Gasteiger partial charge on any atom is 0.747 e. The molecule has 1 rings (SSSR count). The van der Waals surface area contributed by atoms with E-state index in [1.807, 2.05) is 12.1 Å². The first-order chi connectivity index (χ1) is 8.75. The van der Waals surface area contributed by atoms with Crippen LogP contribution in [0.25, 0.3) is 0 Å². The van der Waals surface area contributed by atoms with Crippen LogP contribution in [0.1, 0.15) is 76.0 Å². The molecule has 0 aliphatic carbocycles. The van der Waals surface area contributed by atoms with Crippen LogP contribution >= 0.6 is 8.25 Å². The van der Waals surface area contributed by atoms with Crippen LogP contribution in [0, 0.1) is 0 Å². The summed E-state index contributed by atoms with van der Waals surface area (Å²) in [5.74, 6) is 1.56. The van der Waals surface area contributed by atoms with Crippen LogP contribution in [-0.4, -0.2) is 4.89 Å². The smallest absolute Gasteiger partial charge is 0.229 e. The first-order valence-electron chi connectivity index (χ1n) is 6.76. The minimum atomic E-state index is -2.62. The first kappa shape index (κ1) is 16.1. The van der Waals surface area contributed by atoms with E-state index in [1.165, 1.54) is 11.1 Å². The summed E-state index contributed by atoms with van der Waals surface area (Å²) in [6.45, 7) is 12.8. The summed E-state index contributed by atoms with van der Waals surface area (Å²) in [7, 11) is -2.62. The Morgan fingerprint density at radius 1 is 0.947 bits per heavy atom. The second kappa shape index (κ2) is 6.49. The molecule has 0 aliphatic rings. The minimum absolute atomic E-state index is 0.251. The summed E-state index contributed by atoms with van der Waals surface area (Å²) in [6, 6.07) is 3.83. The fraction of sp³-hybridized carbons (Fsp3) is 0.600. The molecule has 0 aliphatic heterocycles. The zero-order valence-corrected chi connectivity index (χ0v) is 13.5. The SMILES string of the molecule is CC(C)c1ccc(O[P+](=O)O)c(C(C)C)c1C(C)C. The lowest BCUT2D eigenvalue weighted by Crippen LogP contribution is -2.07. The second-order valence-electron chi connectivity index (χ2n) is 5.77. The Morgan fingerprint density at radius 3 is 1.84 bits per heavy atom. The molecule has 1 aromatic rings. The normalized spacial score (nSPS) is 12.4. The van der Waals surface area contributed by atoms with Gasteiger partial charge >= 0.3 is 8.25 Å². The molecule has 0 bridgehead atoms. The van der Waals surface area contributed by atoms with Gasteiger partial charge in [0.05, 0.1) is 0 Å². The van der Waals surface area contributed by atoms with Gasteiger partial charge in [-0.05, 0) is 34.9 Å². The van der Waals surface area contributed by atoms with E-state index in [-0.39, 0.29) is 5.92 Å². The Morgan fingerprint density at radius 2 is 1.47 bits per heavy atom. The predicted molar refractivity (Wildman–Crippen MR) is 79.2 cm³/mol. The Balaban J connectivity index is 3.53. The third kappa shape index (κ3) is 3.77. The lowest BCUT2D eigenvalue weighted by atomic mass is 9.83. The monoisotopic (exact) mass is 283 g/mol. The zero-order chi connectivity index (χ0) is 14.7. The molecular weight excluding hydrogens is 259 g/mol. The third-order valence-corrected chi connectivity index (χ3v) is 3.59. The molecule has 3 nitrogen and oxygen atoms in total. The van der Waals surface area contributed by atoms with Crippen molar-refractivity contribution in [2.45, 2.75) is 59.3 Å². The quantitative estimate of drug-likeness (QED) is 0.766. The van der Waals surface area contributed by atoms with Crippen molar-refractivity contribution in [3.8, 4) is 5.75 Å². The lowest BCUT2D eigenvalue weighted by Gasteiger charge is -2.23. The van der Waals surface area contributed by atoms with Crippen LogP contribution in [0.4, 0.5) is 0 Å². The van der Waals surface area contributed by atoms with Gasteiger partial charge in [-0.25, -0.2) is 4.52 Å². The molecule has 106 valence electrons. The summed E-state index contributed by atoms with van der Waals surface area (Å²) in [4.78, 5) is 9.01. The van der Waals surface area contributed by atoms with Crippen molar-refractivity contribution in [2.75, 3.05) is 0 Å². The average molecular weight is 283 g/mol. The Kier molecular flexibility index (Phi) is 5.51. The van der Waals surface area contributed by atoms with E-state index < -0.39 is 8.25 Å². The molecule has 1 N–H and O–H groups in total. The fourth-order valence-corrected chi connectivity index (χ4v) is 2.87. The number of hydrogen-bond acceptors (Lipinski definition) is 2. The van der Waals surface area contributed by atoms with E-state index >= 15 is 0 Å². The van der Waals surface area contributed by atoms with Crippen molar-refractivity contribution in [3.05, 3.63) is 28.8 Å². The van der Waals surface area contributed by atoms with Gasteiger partial charge in [-0.1, -0.05) is 47.6 Å². The molecule has 0 fully saturated rings. The zero-order valence-electron chi connectivity index (χ0n) is 12.6. The summed E-state index contributed by atoms with van der Waals surface area (Å²) in [5, 5.41) is 0. The molecule has 0 aromatic heterocycles. The molecular formula is C15H24O3P+. The summed E-state index contributed by atoms with van der Waals surface area (Å²) >= 11 is 0. The number of benzene rings is 1. The second-order valence-corrected chi connectivity index (χ2v) is 6.43. The van der Waals surface area contributed by atoms with Crippen LogP contribution in [-0.2, 0) is 4.57 Å². The van der Waals surface area contributed by atoms with Gasteiger partial charge in [0, 0.05) is 10.1 Å². The van der Waals surface area contributed by atoms with E-state index in [1.54, 1.807) is 0 Å². The van der Waals surface area contributed by atoms with E-state index in [4.69, 9.17) is 9.42 Å². The Bertz CT molecular complexity index is 465. The van der Waals surface area contributed by atoms with E-state index in [2.05, 4.69) is 41.5 Å². The Hall–Kier alpha value is -0.920. The predicted octanol–water partition coefficient (Wildman–Crippen LogP) is 5.09. The summed E-state index contributed by atoms with van der Waals surface area (Å²) in [5.41, 5.74) is 3.59. The molecule has 0 saturated carbocycles. The topological polar surface area (TPSA) is 46.5 Å². The average Bonchev–Trinajstić information content (AvgIpc) is 2.26. The Labute approximate surface area is 117 Å². The molecule has 1 aromatic carbocycles. The highest BCUT2D eigenvalue weighted by molar-refractivity contribution is 7.32. The largest absolute Gasteiger partial charge is 0.747 e. The summed E-state index contributed by atoms with van der Waals surface area (Å²) < 4.78 is 16.1. The van der Waals surface area contributed by atoms with Gasteiger partial charge in [-0.3, -0.25) is 0 Å². The van der Waals surface area contributed by atoms with Gasteiger partial charge in [-0.2, -0.15) is 0 Å². The van der Waals surface area contributed by atoms with Crippen molar-refractivity contribution < 1.29 is 14.0 Å². The molecule has 1 atom stereocenters. The van der Waals surface area contributed by atoms with Gasteiger partial charge in [0.1, 0.15) is 0 Å². The first-order valence-corrected chi connectivity index (χ1v) is 7.89. The molecule has 0 saturated heterocycles. The summed E-state index contributed by atoms with van der Waals surface area (Å²) in [6.07, 6.45) is 0. The van der Waals surface area contributed by atoms with Crippen LogP contribution in [0.3, 0.4) is 0 Å². The number of rotatable bonds is 5. The molecule has 1 unspecified atom stereocenters. The van der Waals surface area contributed by atoms with E-state index in [9.17, 15) is 4.57 Å². The van der Waals surface area contributed by atoms with Gasteiger partial charge in [0.15, 0.2) is 5.75 Å². The molecule has 0 spiro atoms. The van der Waals surface area contributed by atoms with Crippen molar-refractivity contribution in [1.29, 1.82) is 0 Å². The molecule has 4 heteroatoms. The molecule has 0 heterocycles. The van der Waals surface area contributed by atoms with Crippen LogP contribution in [0.5, 0.6) is 5.75 Å². The van der Waals surface area contributed by atoms with Gasteiger partial charge in [0.2, 0.25) is 0 Å². The van der Waals surface area contributed by atoms with Crippen molar-refractivity contribution in [1.82, 2.24) is 0 Å². The molecule has 0 amide bonds. The maximum absolute atomic E-state index is 11.0. The highest BCUT2D eigenvalue weighted by Crippen LogP contribution is 2.41. The third-order valence-electron chi connectivity index (χ3n) is 3.23. The van der Waals surface area contributed by atoms with Crippen LogP contribution < -0.4 is 4.52 Å². The molecule has 0 radical (unpaired) electrons. The molecule has 19 heavy (non-hydrogen) atoms. The van der Waals surface area contributed by atoms with Crippen LogP contribution in [0.15, 0.2) is 12.1 Å².